The smallest absolute Gasteiger partial charge is 0.407 e. The summed E-state index contributed by atoms with van der Waals surface area (Å²) in [4.78, 5) is 10.5. The third kappa shape index (κ3) is 1.15. The van der Waals surface area contributed by atoms with E-state index in [1.807, 2.05) is 13.8 Å². The molecule has 0 spiro atoms. The number of ether oxygens (including phenoxy) is 1. The number of rotatable bonds is 1. The van der Waals surface area contributed by atoms with Crippen LogP contribution in [0.1, 0.15) is 20.3 Å². The van der Waals surface area contributed by atoms with Crippen LogP contribution in [0.5, 0.6) is 0 Å². The Kier molecular flexibility index (Phi) is 1.60. The van der Waals surface area contributed by atoms with Gasteiger partial charge in [0.25, 0.3) is 0 Å². The Morgan fingerprint density at radius 1 is 1.78 bits per heavy atom. The molecule has 1 heterocycles. The van der Waals surface area contributed by atoms with Crippen molar-refractivity contribution in [2.24, 2.45) is 0 Å². The summed E-state index contributed by atoms with van der Waals surface area (Å²) in [6, 6.07) is 0.183. The zero-order chi connectivity index (χ0) is 6.85. The van der Waals surface area contributed by atoms with E-state index in [1.165, 1.54) is 0 Å². The predicted molar refractivity (Wildman–Crippen MR) is 33.2 cm³/mol. The maximum Gasteiger partial charge on any atom is 0.407 e. The molecule has 1 aliphatic rings. The van der Waals surface area contributed by atoms with Gasteiger partial charge in [-0.3, -0.25) is 0 Å². The van der Waals surface area contributed by atoms with Crippen molar-refractivity contribution in [2.45, 2.75) is 32.4 Å². The van der Waals surface area contributed by atoms with Gasteiger partial charge in [-0.1, -0.05) is 6.92 Å². The van der Waals surface area contributed by atoms with Crippen LogP contribution in [-0.4, -0.2) is 18.2 Å². The number of nitrogens with one attached hydrogen (secondary N) is 1. The molecule has 3 nitrogen and oxygen atoms in total. The first-order chi connectivity index (χ1) is 4.24. The molecule has 3 heteroatoms. The van der Waals surface area contributed by atoms with Gasteiger partial charge in [-0.15, -0.1) is 0 Å². The summed E-state index contributed by atoms with van der Waals surface area (Å²) in [5, 5.41) is 2.66. The average molecular weight is 129 g/mol. The van der Waals surface area contributed by atoms with Gasteiger partial charge < -0.3 is 10.1 Å². The molecule has 0 unspecified atom stereocenters. The first-order valence-electron chi connectivity index (χ1n) is 3.21. The van der Waals surface area contributed by atoms with E-state index < -0.39 is 0 Å². The van der Waals surface area contributed by atoms with Crippen LogP contribution in [0, 0.1) is 0 Å². The fourth-order valence-electron chi connectivity index (χ4n) is 0.989. The van der Waals surface area contributed by atoms with Crippen LogP contribution in [-0.2, 0) is 4.74 Å². The van der Waals surface area contributed by atoms with Gasteiger partial charge in [0.05, 0.1) is 6.04 Å². The molecule has 0 aromatic carbocycles. The van der Waals surface area contributed by atoms with E-state index in [9.17, 15) is 4.79 Å². The number of hydrogen-bond donors (Lipinski definition) is 1. The van der Waals surface area contributed by atoms with Gasteiger partial charge in [-0.05, 0) is 13.3 Å². The molecule has 1 N–H and O–H groups in total. The summed E-state index contributed by atoms with van der Waals surface area (Å²) in [6.07, 6.45) is 0.687. The molecule has 1 fully saturated rings. The Morgan fingerprint density at radius 2 is 2.44 bits per heavy atom. The van der Waals surface area contributed by atoms with Crippen LogP contribution in [0.3, 0.4) is 0 Å². The molecule has 0 aromatic rings. The summed E-state index contributed by atoms with van der Waals surface area (Å²) >= 11 is 0. The van der Waals surface area contributed by atoms with Crippen LogP contribution in [0.15, 0.2) is 0 Å². The predicted octanol–water partition coefficient (Wildman–Crippen LogP) is 0.893. The molecule has 2 atom stereocenters. The van der Waals surface area contributed by atoms with Crippen molar-refractivity contribution in [3.05, 3.63) is 0 Å². The Bertz CT molecular complexity index is 124. The van der Waals surface area contributed by atoms with E-state index in [1.54, 1.807) is 0 Å². The van der Waals surface area contributed by atoms with Crippen molar-refractivity contribution in [1.29, 1.82) is 0 Å². The number of amides is 1. The number of carbonyl (C=O) groups is 1. The lowest BCUT2D eigenvalue weighted by Gasteiger charge is -2.07. The van der Waals surface area contributed by atoms with Crippen molar-refractivity contribution in [1.82, 2.24) is 5.32 Å². The topological polar surface area (TPSA) is 38.3 Å². The minimum absolute atomic E-state index is 0.0810. The lowest BCUT2D eigenvalue weighted by molar-refractivity contribution is 0.131. The highest BCUT2D eigenvalue weighted by Crippen LogP contribution is 2.10. The molecule has 1 amide bonds. The van der Waals surface area contributed by atoms with E-state index in [0.29, 0.717) is 0 Å². The molecular weight excluding hydrogens is 118 g/mol. The molecule has 1 saturated heterocycles. The first kappa shape index (κ1) is 6.39. The number of cyclic esters (lactones) is 1. The van der Waals surface area contributed by atoms with Crippen LogP contribution in [0.25, 0.3) is 0 Å². The minimum Gasteiger partial charge on any atom is -0.444 e. The van der Waals surface area contributed by atoms with Gasteiger partial charge in [0.15, 0.2) is 0 Å². The lowest BCUT2D eigenvalue weighted by Crippen LogP contribution is -2.27. The molecule has 0 bridgehead atoms. The largest absolute Gasteiger partial charge is 0.444 e. The molecule has 0 radical (unpaired) electrons. The van der Waals surface area contributed by atoms with Crippen LogP contribution < -0.4 is 5.32 Å². The fraction of sp³-hybridized carbons (Fsp3) is 0.833. The Labute approximate surface area is 54.4 Å². The molecule has 0 saturated carbocycles. The molecule has 0 aliphatic carbocycles. The second kappa shape index (κ2) is 2.25. The second-order valence-corrected chi connectivity index (χ2v) is 2.29. The average Bonchev–Trinajstić information content (AvgIpc) is 2.10. The molecule has 1 rings (SSSR count). The first-order valence-corrected chi connectivity index (χ1v) is 3.21. The van der Waals surface area contributed by atoms with Crippen molar-refractivity contribution in [2.75, 3.05) is 0 Å². The monoisotopic (exact) mass is 129 g/mol. The van der Waals surface area contributed by atoms with Gasteiger partial charge in [-0.2, -0.15) is 0 Å². The number of alkyl carbamates (subject to hydrolysis) is 1. The minimum atomic E-state index is -0.283. The molecule has 1 aliphatic heterocycles. The maximum absolute atomic E-state index is 10.5. The third-order valence-electron chi connectivity index (χ3n) is 1.56. The number of hydrogen-bond acceptors (Lipinski definition) is 2. The summed E-state index contributed by atoms with van der Waals surface area (Å²) in [6.45, 7) is 3.94. The quantitative estimate of drug-likeness (QED) is 0.571. The summed E-state index contributed by atoms with van der Waals surface area (Å²) in [5.41, 5.74) is 0. The third-order valence-corrected chi connectivity index (χ3v) is 1.56. The molecular formula is C6H11NO2. The highest BCUT2D eigenvalue weighted by molar-refractivity contribution is 5.70. The summed E-state index contributed by atoms with van der Waals surface area (Å²) < 4.78 is 4.87. The molecule has 52 valence electrons. The summed E-state index contributed by atoms with van der Waals surface area (Å²) in [5.74, 6) is 0. The van der Waals surface area contributed by atoms with Crippen molar-refractivity contribution in [3.63, 3.8) is 0 Å². The SMILES string of the molecule is CC[C@@H]1OC(=O)N[C@@H]1C. The van der Waals surface area contributed by atoms with Crippen molar-refractivity contribution >= 4 is 6.09 Å². The lowest BCUT2D eigenvalue weighted by atomic mass is 10.1. The Morgan fingerprint density at radius 3 is 2.67 bits per heavy atom. The number of carbonyl (C=O) groups excluding carboxylic acids is 1. The zero-order valence-corrected chi connectivity index (χ0v) is 5.68. The van der Waals surface area contributed by atoms with Crippen molar-refractivity contribution in [3.8, 4) is 0 Å². The highest BCUT2D eigenvalue weighted by atomic mass is 16.6. The van der Waals surface area contributed by atoms with Gasteiger partial charge >= 0.3 is 6.09 Å². The standard InChI is InChI=1S/C6H11NO2/c1-3-5-4(2)7-6(8)9-5/h4-5H,3H2,1-2H3,(H,7,8)/t4-,5+/m1/s1. The summed E-state index contributed by atoms with van der Waals surface area (Å²) in [7, 11) is 0. The van der Waals surface area contributed by atoms with Gasteiger partial charge in [-0.25, -0.2) is 4.79 Å². The second-order valence-electron chi connectivity index (χ2n) is 2.29. The normalized spacial score (nSPS) is 33.8. The Hall–Kier alpha value is -0.730. The molecule has 9 heavy (non-hydrogen) atoms. The maximum atomic E-state index is 10.5. The molecule has 0 aromatic heterocycles. The van der Waals surface area contributed by atoms with Crippen LogP contribution in [0.2, 0.25) is 0 Å². The van der Waals surface area contributed by atoms with Crippen molar-refractivity contribution < 1.29 is 9.53 Å². The van der Waals surface area contributed by atoms with E-state index in [4.69, 9.17) is 4.74 Å². The van der Waals surface area contributed by atoms with Gasteiger partial charge in [0.1, 0.15) is 6.10 Å². The van der Waals surface area contributed by atoms with Gasteiger partial charge in [0, 0.05) is 0 Å². The van der Waals surface area contributed by atoms with Crippen LogP contribution in [0.4, 0.5) is 4.79 Å². The van der Waals surface area contributed by atoms with E-state index >= 15 is 0 Å². The zero-order valence-electron chi connectivity index (χ0n) is 5.68. The van der Waals surface area contributed by atoms with E-state index in [0.717, 1.165) is 6.42 Å². The van der Waals surface area contributed by atoms with E-state index in [-0.39, 0.29) is 18.2 Å². The van der Waals surface area contributed by atoms with Crippen LogP contribution >= 0.6 is 0 Å². The highest BCUT2D eigenvalue weighted by Gasteiger charge is 2.28. The fourth-order valence-corrected chi connectivity index (χ4v) is 0.989. The van der Waals surface area contributed by atoms with Gasteiger partial charge in [0.2, 0.25) is 0 Å². The Balaban J connectivity index is 2.47. The van der Waals surface area contributed by atoms with E-state index in [2.05, 4.69) is 5.32 Å².